The van der Waals surface area contributed by atoms with Crippen molar-refractivity contribution in [3.8, 4) is 5.75 Å². The summed E-state index contributed by atoms with van der Waals surface area (Å²) in [7, 11) is 0. The van der Waals surface area contributed by atoms with Gasteiger partial charge in [0.2, 0.25) is 5.75 Å². The molecule has 0 heterocycles. The molecule has 5 nitrogen and oxygen atoms in total. The smallest absolute Gasteiger partial charge is 0.312 e. The third-order valence-electron chi connectivity index (χ3n) is 1.71. The molecular weight excluding hydrogens is 266 g/mol. The van der Waals surface area contributed by atoms with Gasteiger partial charge in [0.25, 0.3) is 0 Å². The molecule has 1 rings (SSSR count). The fraction of sp³-hybridized carbons (Fsp3) is 0.222. The first kappa shape index (κ1) is 11.6. The number of aryl methyl sites for hydroxylation is 1. The number of ether oxygens (including phenoxy) is 1. The summed E-state index contributed by atoms with van der Waals surface area (Å²) >= 11 is 3.15. The van der Waals surface area contributed by atoms with Gasteiger partial charge in [-0.05, 0) is 18.6 Å². The van der Waals surface area contributed by atoms with Gasteiger partial charge in [-0.15, -0.1) is 0 Å². The molecule has 1 aromatic carbocycles. The molecule has 80 valence electrons. The highest BCUT2D eigenvalue weighted by atomic mass is 79.9. The number of rotatable bonds is 4. The normalized spacial score (nSPS) is 9.73. The molecule has 0 fully saturated rings. The minimum Gasteiger partial charge on any atom is -0.479 e. The van der Waals surface area contributed by atoms with E-state index < -0.39 is 4.92 Å². The number of benzene rings is 1. The van der Waals surface area contributed by atoms with Crippen LogP contribution in [0.25, 0.3) is 0 Å². The molecule has 1 aromatic rings. The first-order valence-corrected chi connectivity index (χ1v) is 4.86. The van der Waals surface area contributed by atoms with Gasteiger partial charge in [0, 0.05) is 10.5 Å². The number of hydrogen-bond donors (Lipinski definition) is 0. The predicted octanol–water partition coefficient (Wildman–Crippen LogP) is 2.24. The van der Waals surface area contributed by atoms with Crippen LogP contribution in [0.5, 0.6) is 5.75 Å². The molecule has 6 heteroatoms. The number of halogens is 1. The highest BCUT2D eigenvalue weighted by Gasteiger charge is 2.18. The highest BCUT2D eigenvalue weighted by Crippen LogP contribution is 2.33. The van der Waals surface area contributed by atoms with Crippen LogP contribution in [0.2, 0.25) is 0 Å². The molecule has 0 aliphatic carbocycles. The van der Waals surface area contributed by atoms with Crippen LogP contribution in [0.4, 0.5) is 5.69 Å². The van der Waals surface area contributed by atoms with Crippen molar-refractivity contribution >= 4 is 27.9 Å². The lowest BCUT2D eigenvalue weighted by Gasteiger charge is -2.07. The van der Waals surface area contributed by atoms with E-state index in [0.29, 0.717) is 16.3 Å². The zero-order valence-electron chi connectivity index (χ0n) is 7.90. The summed E-state index contributed by atoms with van der Waals surface area (Å²) < 4.78 is 5.60. The zero-order valence-corrected chi connectivity index (χ0v) is 9.48. The standard InChI is InChI=1S/C9H8BrNO4/c1-6-4-7(10)5-8(11(13)14)9(6)15-3-2-12/h2,4-5H,3H2,1H3. The summed E-state index contributed by atoms with van der Waals surface area (Å²) in [6, 6.07) is 3.03. The lowest BCUT2D eigenvalue weighted by atomic mass is 10.2. The van der Waals surface area contributed by atoms with Gasteiger partial charge in [0.05, 0.1) is 4.92 Å². The lowest BCUT2D eigenvalue weighted by Crippen LogP contribution is -2.03. The maximum Gasteiger partial charge on any atom is 0.312 e. The van der Waals surface area contributed by atoms with Gasteiger partial charge in [-0.3, -0.25) is 14.9 Å². The van der Waals surface area contributed by atoms with Crippen molar-refractivity contribution in [2.75, 3.05) is 6.61 Å². The molecule has 0 aliphatic rings. The summed E-state index contributed by atoms with van der Waals surface area (Å²) in [5.41, 5.74) is 0.460. The Labute approximate surface area is 94.3 Å². The van der Waals surface area contributed by atoms with E-state index in [1.807, 2.05) is 0 Å². The van der Waals surface area contributed by atoms with Crippen LogP contribution in [0.1, 0.15) is 5.56 Å². The lowest BCUT2D eigenvalue weighted by molar-refractivity contribution is -0.385. The molecular formula is C9H8BrNO4. The number of nitro groups is 1. The van der Waals surface area contributed by atoms with Crippen LogP contribution >= 0.6 is 15.9 Å². The molecule has 0 saturated heterocycles. The molecule has 0 aromatic heterocycles. The molecule has 0 aliphatic heterocycles. The average molecular weight is 274 g/mol. The maximum atomic E-state index is 10.7. The number of nitrogens with zero attached hydrogens (tertiary/aromatic N) is 1. The second kappa shape index (κ2) is 4.88. The predicted molar refractivity (Wildman–Crippen MR) is 57.1 cm³/mol. The van der Waals surface area contributed by atoms with Crippen molar-refractivity contribution in [1.82, 2.24) is 0 Å². The number of hydrogen-bond acceptors (Lipinski definition) is 4. The molecule has 0 bridgehead atoms. The van der Waals surface area contributed by atoms with Gasteiger partial charge in [0.1, 0.15) is 6.61 Å². The quantitative estimate of drug-likeness (QED) is 0.479. The van der Waals surface area contributed by atoms with Gasteiger partial charge < -0.3 is 4.74 Å². The van der Waals surface area contributed by atoms with Crippen LogP contribution in [0, 0.1) is 17.0 Å². The van der Waals surface area contributed by atoms with E-state index >= 15 is 0 Å². The number of aldehydes is 1. The SMILES string of the molecule is Cc1cc(Br)cc([N+](=O)[O-])c1OCC=O. The summed E-state index contributed by atoms with van der Waals surface area (Å²) in [6.07, 6.45) is 0.547. The fourth-order valence-corrected chi connectivity index (χ4v) is 1.71. The summed E-state index contributed by atoms with van der Waals surface area (Å²) in [4.78, 5) is 20.3. The van der Waals surface area contributed by atoms with E-state index in [4.69, 9.17) is 4.74 Å². The minimum absolute atomic E-state index is 0.135. The largest absolute Gasteiger partial charge is 0.479 e. The van der Waals surface area contributed by atoms with Crippen LogP contribution in [-0.4, -0.2) is 17.8 Å². The summed E-state index contributed by atoms with van der Waals surface area (Å²) in [6.45, 7) is 1.49. The molecule has 0 spiro atoms. The molecule has 0 amide bonds. The van der Waals surface area contributed by atoms with Crippen LogP contribution in [-0.2, 0) is 4.79 Å². The second-order valence-electron chi connectivity index (χ2n) is 2.81. The molecule has 15 heavy (non-hydrogen) atoms. The first-order valence-electron chi connectivity index (χ1n) is 4.07. The summed E-state index contributed by atoms with van der Waals surface area (Å²) in [5, 5.41) is 10.7. The van der Waals surface area contributed by atoms with Crippen molar-refractivity contribution in [1.29, 1.82) is 0 Å². The van der Waals surface area contributed by atoms with Crippen LogP contribution < -0.4 is 4.74 Å². The molecule has 0 unspecified atom stereocenters. The Morgan fingerprint density at radius 3 is 2.80 bits per heavy atom. The number of carbonyl (C=O) groups is 1. The van der Waals surface area contributed by atoms with E-state index in [9.17, 15) is 14.9 Å². The monoisotopic (exact) mass is 273 g/mol. The van der Waals surface area contributed by atoms with Crippen molar-refractivity contribution in [2.45, 2.75) is 6.92 Å². The van der Waals surface area contributed by atoms with Crippen molar-refractivity contribution in [3.05, 3.63) is 32.3 Å². The Bertz CT molecular complexity index is 405. The van der Waals surface area contributed by atoms with Crippen molar-refractivity contribution in [2.24, 2.45) is 0 Å². The van der Waals surface area contributed by atoms with Gasteiger partial charge in [0.15, 0.2) is 6.29 Å². The molecule has 0 radical (unpaired) electrons. The third-order valence-corrected chi connectivity index (χ3v) is 2.17. The third kappa shape index (κ3) is 2.76. The highest BCUT2D eigenvalue weighted by molar-refractivity contribution is 9.10. The van der Waals surface area contributed by atoms with E-state index in [-0.39, 0.29) is 18.0 Å². The second-order valence-corrected chi connectivity index (χ2v) is 3.72. The number of nitro benzene ring substituents is 1. The molecule has 0 N–H and O–H groups in total. The van der Waals surface area contributed by atoms with E-state index in [2.05, 4.69) is 15.9 Å². The van der Waals surface area contributed by atoms with Crippen LogP contribution in [0.15, 0.2) is 16.6 Å². The first-order chi connectivity index (χ1) is 7.06. The zero-order chi connectivity index (χ0) is 11.4. The Balaban J connectivity index is 3.20. The van der Waals surface area contributed by atoms with E-state index in [1.165, 1.54) is 6.07 Å². The van der Waals surface area contributed by atoms with Crippen molar-refractivity contribution in [3.63, 3.8) is 0 Å². The van der Waals surface area contributed by atoms with Gasteiger partial charge >= 0.3 is 5.69 Å². The Hall–Kier alpha value is -1.43. The van der Waals surface area contributed by atoms with Crippen LogP contribution in [0.3, 0.4) is 0 Å². The van der Waals surface area contributed by atoms with E-state index in [1.54, 1.807) is 13.0 Å². The molecule has 0 saturated carbocycles. The topological polar surface area (TPSA) is 69.4 Å². The minimum atomic E-state index is -0.544. The fourth-order valence-electron chi connectivity index (χ4n) is 1.15. The number of carbonyl (C=O) groups excluding carboxylic acids is 1. The Morgan fingerprint density at radius 2 is 2.27 bits per heavy atom. The van der Waals surface area contributed by atoms with Crippen molar-refractivity contribution < 1.29 is 14.5 Å². The maximum absolute atomic E-state index is 10.7. The molecule has 0 atom stereocenters. The average Bonchev–Trinajstić information content (AvgIpc) is 2.15. The van der Waals surface area contributed by atoms with Gasteiger partial charge in [-0.25, -0.2) is 0 Å². The Kier molecular flexibility index (Phi) is 3.79. The van der Waals surface area contributed by atoms with Gasteiger partial charge in [-0.2, -0.15) is 0 Å². The Morgan fingerprint density at radius 1 is 1.60 bits per heavy atom. The summed E-state index contributed by atoms with van der Waals surface area (Å²) in [5.74, 6) is 0.135. The van der Waals surface area contributed by atoms with Gasteiger partial charge in [-0.1, -0.05) is 15.9 Å². The van der Waals surface area contributed by atoms with E-state index in [0.717, 1.165) is 0 Å².